The first-order chi connectivity index (χ1) is 26.5. The van der Waals surface area contributed by atoms with Crippen LogP contribution in [0.4, 0.5) is 0 Å². The van der Waals surface area contributed by atoms with Crippen LogP contribution in [0.1, 0.15) is 167 Å². The molecule has 302 valence electrons. The number of esters is 2. The summed E-state index contributed by atoms with van der Waals surface area (Å²) in [4.78, 5) is 25.5. The fourth-order valence-electron chi connectivity index (χ4n) is 11.7. The second kappa shape index (κ2) is 18.9. The minimum absolute atomic E-state index is 0.0273. The molecule has 0 heterocycles. The first-order valence-corrected chi connectivity index (χ1v) is 22.4. The number of unbranched alkanes of at least 4 members (excludes halogenated alkanes) is 3. The molecule has 4 aliphatic rings. The Labute approximate surface area is 333 Å². The van der Waals surface area contributed by atoms with Gasteiger partial charge in [-0.2, -0.15) is 0 Å². The summed E-state index contributed by atoms with van der Waals surface area (Å²) in [6, 6.07) is 14.9. The molecule has 0 aromatic heterocycles. The molecule has 8 atom stereocenters. The molecule has 1 unspecified atom stereocenters. The van der Waals surface area contributed by atoms with Gasteiger partial charge in [0.2, 0.25) is 0 Å². The summed E-state index contributed by atoms with van der Waals surface area (Å²) >= 11 is 0. The van der Waals surface area contributed by atoms with Crippen molar-refractivity contribution in [2.45, 2.75) is 163 Å². The number of hydrogen-bond donors (Lipinski definition) is 0. The maximum atomic E-state index is 12.9. The van der Waals surface area contributed by atoms with Crippen LogP contribution in [-0.2, 0) is 16.0 Å². The Kier molecular flexibility index (Phi) is 14.3. The van der Waals surface area contributed by atoms with E-state index in [4.69, 9.17) is 14.2 Å². The van der Waals surface area contributed by atoms with Crippen LogP contribution >= 0.6 is 0 Å². The van der Waals surface area contributed by atoms with Crippen LogP contribution in [0, 0.1) is 46.3 Å². The van der Waals surface area contributed by atoms with Crippen LogP contribution in [0.3, 0.4) is 0 Å². The highest BCUT2D eigenvalue weighted by molar-refractivity contribution is 5.91. The van der Waals surface area contributed by atoms with Crippen molar-refractivity contribution >= 4 is 11.9 Å². The molecule has 0 aliphatic heterocycles. The zero-order valence-electron chi connectivity index (χ0n) is 35.2. The standard InChI is InChI=1S/C50H72O5/c1-7-8-15-37-17-22-41(23-18-37)55-48(52)38-19-24-40(25-20-38)53-33-11-9-10-16-47(51)54-42-29-31-49(5)39(34-42)21-26-43-45-28-27-44(36(4)14-12-13-35(2)3)50(45,6)32-30-46(43)49/h17-25,35-36,42-46H,7-16,26-34H2,1-6H3/t36-,42?,43+,44-,45+,46+,49+,50-/m1/s1. The average molecular weight is 753 g/mol. The molecule has 3 fully saturated rings. The smallest absolute Gasteiger partial charge is 0.343 e. The van der Waals surface area contributed by atoms with E-state index in [0.29, 0.717) is 29.8 Å². The molecule has 2 aromatic carbocycles. The quantitative estimate of drug-likeness (QED) is 0.0657. The summed E-state index contributed by atoms with van der Waals surface area (Å²) in [7, 11) is 0. The molecule has 3 saturated carbocycles. The van der Waals surface area contributed by atoms with Gasteiger partial charge in [0.1, 0.15) is 17.6 Å². The van der Waals surface area contributed by atoms with Crippen molar-refractivity contribution in [1.29, 1.82) is 0 Å². The number of ether oxygens (including phenoxy) is 3. The van der Waals surface area contributed by atoms with Crippen LogP contribution in [-0.4, -0.2) is 24.6 Å². The highest BCUT2D eigenvalue weighted by Gasteiger charge is 2.59. The molecule has 0 spiro atoms. The normalized spacial score (nSPS) is 29.1. The molecular weight excluding hydrogens is 681 g/mol. The molecule has 0 radical (unpaired) electrons. The summed E-state index contributed by atoms with van der Waals surface area (Å²) < 4.78 is 17.6. The Morgan fingerprint density at radius 2 is 1.56 bits per heavy atom. The van der Waals surface area contributed by atoms with E-state index in [1.165, 1.54) is 56.9 Å². The highest BCUT2D eigenvalue weighted by Crippen LogP contribution is 2.67. The van der Waals surface area contributed by atoms with Crippen LogP contribution < -0.4 is 9.47 Å². The van der Waals surface area contributed by atoms with Crippen molar-refractivity contribution in [3.8, 4) is 11.5 Å². The first kappa shape index (κ1) is 41.6. The minimum Gasteiger partial charge on any atom is -0.494 e. The molecule has 0 bridgehead atoms. The molecular formula is C50H72O5. The Morgan fingerprint density at radius 3 is 2.31 bits per heavy atom. The molecule has 4 aliphatic carbocycles. The maximum absolute atomic E-state index is 12.9. The van der Waals surface area contributed by atoms with Gasteiger partial charge in [-0.1, -0.05) is 91.0 Å². The third-order valence-corrected chi connectivity index (χ3v) is 14.9. The van der Waals surface area contributed by atoms with Gasteiger partial charge < -0.3 is 14.2 Å². The molecule has 0 N–H and O–H groups in total. The van der Waals surface area contributed by atoms with Crippen LogP contribution in [0.2, 0.25) is 0 Å². The van der Waals surface area contributed by atoms with Gasteiger partial charge in [0, 0.05) is 12.8 Å². The Hall–Kier alpha value is -3.08. The fourth-order valence-corrected chi connectivity index (χ4v) is 11.7. The van der Waals surface area contributed by atoms with Gasteiger partial charge in [-0.3, -0.25) is 4.79 Å². The monoisotopic (exact) mass is 753 g/mol. The van der Waals surface area contributed by atoms with Crippen molar-refractivity contribution in [3.63, 3.8) is 0 Å². The summed E-state index contributed by atoms with van der Waals surface area (Å²) in [5.74, 6) is 5.90. The lowest BCUT2D eigenvalue weighted by Crippen LogP contribution is -2.51. The van der Waals surface area contributed by atoms with E-state index in [9.17, 15) is 9.59 Å². The van der Waals surface area contributed by atoms with Gasteiger partial charge in [-0.25, -0.2) is 4.79 Å². The van der Waals surface area contributed by atoms with Crippen LogP contribution in [0.25, 0.3) is 0 Å². The largest absolute Gasteiger partial charge is 0.494 e. The lowest BCUT2D eigenvalue weighted by atomic mass is 9.47. The molecule has 55 heavy (non-hydrogen) atoms. The lowest BCUT2D eigenvalue weighted by Gasteiger charge is -2.58. The van der Waals surface area contributed by atoms with E-state index in [2.05, 4.69) is 47.6 Å². The molecule has 2 aromatic rings. The van der Waals surface area contributed by atoms with Crippen molar-refractivity contribution < 1.29 is 23.8 Å². The van der Waals surface area contributed by atoms with E-state index in [1.54, 1.807) is 17.7 Å². The van der Waals surface area contributed by atoms with E-state index >= 15 is 0 Å². The van der Waals surface area contributed by atoms with E-state index in [1.807, 2.05) is 36.4 Å². The predicted molar refractivity (Wildman–Crippen MR) is 223 cm³/mol. The van der Waals surface area contributed by atoms with Crippen molar-refractivity contribution in [1.82, 2.24) is 0 Å². The summed E-state index contributed by atoms with van der Waals surface area (Å²) in [6.07, 6.45) is 23.2. The number of benzene rings is 2. The van der Waals surface area contributed by atoms with Gasteiger partial charge >= 0.3 is 11.9 Å². The van der Waals surface area contributed by atoms with Crippen LogP contribution in [0.5, 0.6) is 11.5 Å². The van der Waals surface area contributed by atoms with Crippen molar-refractivity contribution in [2.24, 2.45) is 46.3 Å². The number of aryl methyl sites for hydroxylation is 1. The molecule has 5 heteroatoms. The molecule has 0 saturated heterocycles. The van der Waals surface area contributed by atoms with Gasteiger partial charge in [0.25, 0.3) is 0 Å². The second-order valence-electron chi connectivity index (χ2n) is 19.0. The summed E-state index contributed by atoms with van der Waals surface area (Å²) in [5, 5.41) is 0. The number of rotatable bonds is 18. The highest BCUT2D eigenvalue weighted by atomic mass is 16.5. The minimum atomic E-state index is -0.377. The second-order valence-corrected chi connectivity index (χ2v) is 19.0. The van der Waals surface area contributed by atoms with Crippen LogP contribution in [0.15, 0.2) is 60.2 Å². The summed E-state index contributed by atoms with van der Waals surface area (Å²) in [6.45, 7) is 15.3. The topological polar surface area (TPSA) is 61.8 Å². The van der Waals surface area contributed by atoms with Crippen molar-refractivity contribution in [2.75, 3.05) is 6.61 Å². The lowest BCUT2D eigenvalue weighted by molar-refractivity contribution is -0.151. The Bertz CT molecular complexity index is 1570. The fraction of sp³-hybridized carbons (Fsp3) is 0.680. The maximum Gasteiger partial charge on any atom is 0.343 e. The zero-order chi connectivity index (χ0) is 39.0. The third kappa shape index (κ3) is 10.1. The number of fused-ring (bicyclic) bond motifs is 5. The van der Waals surface area contributed by atoms with Gasteiger partial charge in [-0.15, -0.1) is 0 Å². The predicted octanol–water partition coefficient (Wildman–Crippen LogP) is 13.1. The number of hydrogen-bond acceptors (Lipinski definition) is 5. The first-order valence-electron chi connectivity index (χ1n) is 22.4. The summed E-state index contributed by atoms with van der Waals surface area (Å²) in [5.41, 5.74) is 4.13. The average Bonchev–Trinajstić information content (AvgIpc) is 3.53. The van der Waals surface area contributed by atoms with Gasteiger partial charge in [0.05, 0.1) is 12.2 Å². The third-order valence-electron chi connectivity index (χ3n) is 14.9. The number of allylic oxidation sites excluding steroid dienone is 1. The molecule has 0 amide bonds. The SMILES string of the molecule is CCCCc1ccc(OC(=O)c2ccc(OCCCCCC(=O)OC3CC[C@@]4(C)C(=CC[C@H]5[C@@H]6CC[C@H]([C@H](C)CCCC(C)C)[C@@]6(C)CC[C@@H]54)C3)cc2)cc1. The van der Waals surface area contributed by atoms with Gasteiger partial charge in [0.15, 0.2) is 0 Å². The van der Waals surface area contributed by atoms with E-state index < -0.39 is 0 Å². The van der Waals surface area contributed by atoms with Gasteiger partial charge in [-0.05, 0) is 165 Å². The zero-order valence-corrected chi connectivity index (χ0v) is 35.2. The van der Waals surface area contributed by atoms with E-state index in [-0.39, 0.29) is 23.5 Å². The Morgan fingerprint density at radius 1 is 0.800 bits per heavy atom. The number of carbonyl (C=O) groups is 2. The number of carbonyl (C=O) groups excluding carboxylic acids is 2. The Balaban J connectivity index is 0.878. The molecule has 5 nitrogen and oxygen atoms in total. The molecule has 6 rings (SSSR count). The van der Waals surface area contributed by atoms with E-state index in [0.717, 1.165) is 99.0 Å². The van der Waals surface area contributed by atoms with Crippen molar-refractivity contribution in [3.05, 3.63) is 71.3 Å².